The first-order valence-corrected chi connectivity index (χ1v) is 10.2. The minimum Gasteiger partial charge on any atom is -0.346 e. The van der Waals surface area contributed by atoms with Crippen molar-refractivity contribution in [2.24, 2.45) is 5.14 Å². The van der Waals surface area contributed by atoms with Crippen molar-refractivity contribution in [3.8, 4) is 0 Å². The first kappa shape index (κ1) is 19.6. The lowest BCUT2D eigenvalue weighted by molar-refractivity contribution is 0.0939. The summed E-state index contributed by atoms with van der Waals surface area (Å²) in [7, 11) is -3.91. The van der Waals surface area contributed by atoms with Gasteiger partial charge in [0.2, 0.25) is 10.0 Å². The monoisotopic (exact) mass is 424 g/mol. The van der Waals surface area contributed by atoms with Gasteiger partial charge in [-0.15, -0.1) is 0 Å². The second-order valence-electron chi connectivity index (χ2n) is 5.91. The molecular weight excluding hydrogens is 404 g/mol. The third-order valence-corrected chi connectivity index (χ3v) is 5.61. The fourth-order valence-corrected chi connectivity index (χ4v) is 4.02. The zero-order chi connectivity index (χ0) is 18.8. The van der Waals surface area contributed by atoms with Gasteiger partial charge in [-0.25, -0.2) is 13.6 Å². The first-order valence-electron chi connectivity index (χ1n) is 7.86. The number of amides is 1. The smallest absolute Gasteiger partial charge is 0.252 e. The summed E-state index contributed by atoms with van der Waals surface area (Å²) in [6, 6.07) is 10.8. The molecule has 0 saturated heterocycles. The number of carbonyl (C=O) groups is 1. The molecule has 0 fully saturated rings. The van der Waals surface area contributed by atoms with Crippen LogP contribution in [0.15, 0.2) is 45.8 Å². The van der Waals surface area contributed by atoms with Crippen LogP contribution in [0.4, 0.5) is 0 Å². The number of hydrogen-bond acceptors (Lipinski definition) is 3. The zero-order valence-electron chi connectivity index (χ0n) is 14.3. The van der Waals surface area contributed by atoms with Crippen LogP contribution in [0.2, 0.25) is 0 Å². The Kier molecular flexibility index (Phi) is 6.03. The summed E-state index contributed by atoms with van der Waals surface area (Å²) < 4.78 is 23.9. The van der Waals surface area contributed by atoms with Crippen molar-refractivity contribution in [3.05, 3.63) is 63.1 Å². The molecule has 0 heterocycles. The number of sulfonamides is 1. The standard InChI is InChI=1S/C18H21BrN2O3S/c1-4-13-5-7-14(8-6-13)12(3)21-18(22)16-9-15(19)10-17(11(16)2)25(20,23)24/h5-10,12H,4H2,1-3H3,(H,21,22)(H2,20,23,24)/t12-/m0/s1. The van der Waals surface area contributed by atoms with Gasteiger partial charge < -0.3 is 5.32 Å². The maximum absolute atomic E-state index is 12.6. The maximum atomic E-state index is 12.6. The second-order valence-corrected chi connectivity index (χ2v) is 8.36. The van der Waals surface area contributed by atoms with E-state index < -0.39 is 10.0 Å². The van der Waals surface area contributed by atoms with E-state index >= 15 is 0 Å². The molecule has 0 aliphatic carbocycles. The number of nitrogens with one attached hydrogen (secondary N) is 1. The molecule has 3 N–H and O–H groups in total. The van der Waals surface area contributed by atoms with E-state index in [9.17, 15) is 13.2 Å². The summed E-state index contributed by atoms with van der Waals surface area (Å²) in [4.78, 5) is 12.6. The fourth-order valence-electron chi connectivity index (χ4n) is 2.59. The lowest BCUT2D eigenvalue weighted by Crippen LogP contribution is -2.28. The third-order valence-electron chi connectivity index (χ3n) is 4.11. The molecule has 1 amide bonds. The highest BCUT2D eigenvalue weighted by Gasteiger charge is 2.20. The van der Waals surface area contributed by atoms with Crippen molar-refractivity contribution in [2.75, 3.05) is 0 Å². The van der Waals surface area contributed by atoms with Gasteiger partial charge in [-0.3, -0.25) is 4.79 Å². The van der Waals surface area contributed by atoms with E-state index in [-0.39, 0.29) is 22.4 Å². The zero-order valence-corrected chi connectivity index (χ0v) is 16.7. The highest BCUT2D eigenvalue weighted by Crippen LogP contribution is 2.25. The van der Waals surface area contributed by atoms with E-state index in [4.69, 9.17) is 5.14 Å². The van der Waals surface area contributed by atoms with Crippen molar-refractivity contribution >= 4 is 31.9 Å². The minimum absolute atomic E-state index is 0.0630. The van der Waals surface area contributed by atoms with Gasteiger partial charge in [-0.1, -0.05) is 47.1 Å². The van der Waals surface area contributed by atoms with E-state index in [1.54, 1.807) is 13.0 Å². The fraction of sp³-hybridized carbons (Fsp3) is 0.278. The van der Waals surface area contributed by atoms with Crippen LogP contribution in [0.3, 0.4) is 0 Å². The average Bonchev–Trinajstić information content (AvgIpc) is 2.55. The third kappa shape index (κ3) is 4.68. The molecule has 0 aromatic heterocycles. The molecule has 1 atom stereocenters. The molecule has 0 saturated carbocycles. The van der Waals surface area contributed by atoms with Gasteiger partial charge in [0, 0.05) is 10.0 Å². The molecule has 2 rings (SSSR count). The van der Waals surface area contributed by atoms with Crippen molar-refractivity contribution in [3.63, 3.8) is 0 Å². The van der Waals surface area contributed by atoms with Gasteiger partial charge in [-0.05, 0) is 49.1 Å². The number of nitrogens with two attached hydrogens (primary N) is 1. The summed E-state index contributed by atoms with van der Waals surface area (Å²) >= 11 is 3.23. The molecule has 25 heavy (non-hydrogen) atoms. The Bertz CT molecular complexity index is 893. The van der Waals surface area contributed by atoms with Gasteiger partial charge in [0.1, 0.15) is 0 Å². The van der Waals surface area contributed by atoms with Crippen molar-refractivity contribution < 1.29 is 13.2 Å². The molecule has 134 valence electrons. The number of aryl methyl sites for hydroxylation is 1. The van der Waals surface area contributed by atoms with E-state index in [1.807, 2.05) is 31.2 Å². The molecule has 5 nitrogen and oxygen atoms in total. The molecule has 2 aromatic carbocycles. The predicted molar refractivity (Wildman–Crippen MR) is 102 cm³/mol. The Morgan fingerprint density at radius 2 is 1.84 bits per heavy atom. The van der Waals surface area contributed by atoms with E-state index in [2.05, 4.69) is 28.2 Å². The van der Waals surface area contributed by atoms with Crippen LogP contribution in [0, 0.1) is 6.92 Å². The number of benzene rings is 2. The van der Waals surface area contributed by atoms with Crippen LogP contribution in [-0.2, 0) is 16.4 Å². The average molecular weight is 425 g/mol. The van der Waals surface area contributed by atoms with Gasteiger partial charge in [0.25, 0.3) is 5.91 Å². The van der Waals surface area contributed by atoms with Crippen LogP contribution < -0.4 is 10.5 Å². The van der Waals surface area contributed by atoms with Crippen LogP contribution >= 0.6 is 15.9 Å². The lowest BCUT2D eigenvalue weighted by atomic mass is 10.0. The molecular formula is C18H21BrN2O3S. The second kappa shape index (κ2) is 7.68. The molecule has 0 spiro atoms. The Labute approximate surface area is 156 Å². The highest BCUT2D eigenvalue weighted by atomic mass is 79.9. The van der Waals surface area contributed by atoms with Crippen molar-refractivity contribution in [1.29, 1.82) is 0 Å². The van der Waals surface area contributed by atoms with Crippen LogP contribution in [0.25, 0.3) is 0 Å². The Morgan fingerprint density at radius 1 is 1.24 bits per heavy atom. The van der Waals surface area contributed by atoms with E-state index in [0.29, 0.717) is 10.0 Å². The largest absolute Gasteiger partial charge is 0.346 e. The normalized spacial score (nSPS) is 12.7. The summed E-state index contributed by atoms with van der Waals surface area (Å²) in [5.74, 6) is -0.351. The summed E-state index contributed by atoms with van der Waals surface area (Å²) in [5, 5.41) is 8.14. The van der Waals surface area contributed by atoms with E-state index in [1.165, 1.54) is 11.6 Å². The summed E-state index contributed by atoms with van der Waals surface area (Å²) in [5.41, 5.74) is 2.81. The summed E-state index contributed by atoms with van der Waals surface area (Å²) in [6.07, 6.45) is 0.953. The Morgan fingerprint density at radius 3 is 2.36 bits per heavy atom. The van der Waals surface area contributed by atoms with Gasteiger partial charge in [0.05, 0.1) is 10.9 Å². The van der Waals surface area contributed by atoms with Crippen LogP contribution in [0.5, 0.6) is 0 Å². The van der Waals surface area contributed by atoms with Crippen molar-refractivity contribution in [1.82, 2.24) is 5.32 Å². The molecule has 0 bridgehead atoms. The SMILES string of the molecule is CCc1ccc([C@H](C)NC(=O)c2cc(Br)cc(S(N)(=O)=O)c2C)cc1. The Balaban J connectivity index is 2.30. The molecule has 0 unspecified atom stereocenters. The van der Waals surface area contributed by atoms with Crippen LogP contribution in [-0.4, -0.2) is 14.3 Å². The number of carbonyl (C=O) groups excluding carboxylic acids is 1. The lowest BCUT2D eigenvalue weighted by Gasteiger charge is -2.17. The quantitative estimate of drug-likeness (QED) is 0.769. The number of primary sulfonamides is 1. The first-order chi connectivity index (χ1) is 11.6. The molecule has 7 heteroatoms. The van der Waals surface area contributed by atoms with Gasteiger partial charge >= 0.3 is 0 Å². The van der Waals surface area contributed by atoms with Crippen molar-refractivity contribution in [2.45, 2.75) is 38.1 Å². The summed E-state index contributed by atoms with van der Waals surface area (Å²) in [6.45, 7) is 5.54. The molecule has 0 aliphatic heterocycles. The van der Waals surface area contributed by atoms with E-state index in [0.717, 1.165) is 12.0 Å². The Hall–Kier alpha value is -1.70. The van der Waals surface area contributed by atoms with Gasteiger partial charge in [0.15, 0.2) is 0 Å². The minimum atomic E-state index is -3.91. The van der Waals surface area contributed by atoms with Gasteiger partial charge in [-0.2, -0.15) is 0 Å². The highest BCUT2D eigenvalue weighted by molar-refractivity contribution is 9.10. The topological polar surface area (TPSA) is 89.3 Å². The molecule has 2 aromatic rings. The molecule has 0 aliphatic rings. The number of halogens is 1. The molecule has 0 radical (unpaired) electrons. The predicted octanol–water partition coefficient (Wildman–Crippen LogP) is 3.46. The number of rotatable bonds is 5. The number of hydrogen-bond donors (Lipinski definition) is 2. The maximum Gasteiger partial charge on any atom is 0.252 e. The van der Waals surface area contributed by atoms with Crippen LogP contribution in [0.1, 0.15) is 46.9 Å².